The second-order valence-corrected chi connectivity index (χ2v) is 6.11. The predicted octanol–water partition coefficient (Wildman–Crippen LogP) is 1.71. The average molecular weight is 325 g/mol. The van der Waals surface area contributed by atoms with Crippen molar-refractivity contribution in [1.82, 2.24) is 10.3 Å². The van der Waals surface area contributed by atoms with E-state index in [2.05, 4.69) is 15.6 Å². The molecule has 1 aromatic heterocycles. The molecule has 0 bridgehead atoms. The first-order valence-electron chi connectivity index (χ1n) is 7.20. The lowest BCUT2D eigenvalue weighted by atomic mass is 10.2. The molecule has 2 rings (SSSR count). The highest BCUT2D eigenvalue weighted by atomic mass is 32.1. The molecule has 7 nitrogen and oxygen atoms in total. The summed E-state index contributed by atoms with van der Waals surface area (Å²) in [4.78, 5) is 38.7. The van der Waals surface area contributed by atoms with E-state index in [4.69, 9.17) is 4.74 Å². The fourth-order valence-corrected chi connectivity index (χ4v) is 2.96. The third-order valence-corrected chi connectivity index (χ3v) is 4.11. The van der Waals surface area contributed by atoms with Gasteiger partial charge < -0.3 is 15.4 Å². The number of carbonyl (C=O) groups excluding carboxylic acids is 3. The van der Waals surface area contributed by atoms with Crippen molar-refractivity contribution >= 4 is 34.3 Å². The van der Waals surface area contributed by atoms with Gasteiger partial charge >= 0.3 is 5.97 Å². The number of ether oxygens (including phenoxy) is 1. The Morgan fingerprint density at radius 2 is 2.05 bits per heavy atom. The maximum Gasteiger partial charge on any atom is 0.358 e. The van der Waals surface area contributed by atoms with Crippen LogP contribution in [-0.4, -0.2) is 34.9 Å². The van der Waals surface area contributed by atoms with E-state index in [-0.39, 0.29) is 23.6 Å². The fourth-order valence-electron chi connectivity index (χ4n) is 2.24. The number of esters is 1. The number of hydrogen-bond donors (Lipinski definition) is 2. The molecule has 1 saturated carbocycles. The van der Waals surface area contributed by atoms with Gasteiger partial charge in [0.1, 0.15) is 0 Å². The third-order valence-electron chi connectivity index (χ3n) is 3.35. The Morgan fingerprint density at radius 3 is 2.68 bits per heavy atom. The zero-order valence-corrected chi connectivity index (χ0v) is 13.4. The van der Waals surface area contributed by atoms with Crippen molar-refractivity contribution in [1.29, 1.82) is 0 Å². The zero-order chi connectivity index (χ0) is 16.1. The Bertz CT molecular complexity index is 566. The molecule has 0 saturated heterocycles. The van der Waals surface area contributed by atoms with E-state index in [0.717, 1.165) is 37.0 Å². The van der Waals surface area contributed by atoms with Crippen LogP contribution in [0, 0.1) is 0 Å². The second kappa shape index (κ2) is 7.35. The molecule has 0 radical (unpaired) electrons. The normalized spacial score (nSPS) is 16.1. The molecule has 1 fully saturated rings. The van der Waals surface area contributed by atoms with Gasteiger partial charge in [-0.2, -0.15) is 0 Å². The van der Waals surface area contributed by atoms with E-state index in [1.165, 1.54) is 19.2 Å². The van der Waals surface area contributed by atoms with Gasteiger partial charge in [-0.05, 0) is 19.8 Å². The number of hydrogen-bond acceptors (Lipinski definition) is 6. The molecule has 1 aliphatic carbocycles. The van der Waals surface area contributed by atoms with Gasteiger partial charge in [0.15, 0.2) is 16.9 Å². The Hall–Kier alpha value is -1.96. The van der Waals surface area contributed by atoms with Crippen molar-refractivity contribution in [3.63, 3.8) is 0 Å². The van der Waals surface area contributed by atoms with Gasteiger partial charge in [0, 0.05) is 18.3 Å². The quantitative estimate of drug-likeness (QED) is 0.803. The first-order valence-corrected chi connectivity index (χ1v) is 8.08. The van der Waals surface area contributed by atoms with E-state index in [9.17, 15) is 14.4 Å². The van der Waals surface area contributed by atoms with Gasteiger partial charge in [0.05, 0.1) is 0 Å². The molecule has 2 amide bonds. The largest absolute Gasteiger partial charge is 0.448 e. The minimum atomic E-state index is -0.876. The lowest BCUT2D eigenvalue weighted by molar-refractivity contribution is -0.129. The van der Waals surface area contributed by atoms with Gasteiger partial charge in [-0.15, -0.1) is 11.3 Å². The van der Waals surface area contributed by atoms with Crippen molar-refractivity contribution in [3.05, 3.63) is 11.1 Å². The lowest BCUT2D eigenvalue weighted by Gasteiger charge is -2.16. The van der Waals surface area contributed by atoms with Crippen LogP contribution in [-0.2, 0) is 14.3 Å². The lowest BCUT2D eigenvalue weighted by Crippen LogP contribution is -2.40. The highest BCUT2D eigenvalue weighted by Gasteiger charge is 2.24. The van der Waals surface area contributed by atoms with Crippen LogP contribution in [0.1, 0.15) is 50.0 Å². The SMILES string of the molecule is CC(=O)Nc1nc(C(=O)OC(C)C(=O)NC2CCCC2)cs1. The maximum absolute atomic E-state index is 12.0. The number of nitrogens with one attached hydrogen (secondary N) is 2. The van der Waals surface area contributed by atoms with E-state index in [0.29, 0.717) is 5.13 Å². The number of rotatable bonds is 5. The molecule has 1 aliphatic rings. The average Bonchev–Trinajstić information content (AvgIpc) is 3.09. The molecule has 0 aliphatic heterocycles. The van der Waals surface area contributed by atoms with Crippen molar-refractivity contribution in [2.24, 2.45) is 0 Å². The number of amides is 2. The Kier molecular flexibility index (Phi) is 5.48. The summed E-state index contributed by atoms with van der Waals surface area (Å²) in [6, 6.07) is 0.180. The topological polar surface area (TPSA) is 97.4 Å². The Labute approximate surface area is 132 Å². The van der Waals surface area contributed by atoms with E-state index in [1.54, 1.807) is 0 Å². The number of carbonyl (C=O) groups is 3. The number of anilines is 1. The first-order chi connectivity index (χ1) is 10.5. The van der Waals surface area contributed by atoms with Crippen LogP contribution >= 0.6 is 11.3 Å². The van der Waals surface area contributed by atoms with E-state index in [1.807, 2.05) is 0 Å². The second-order valence-electron chi connectivity index (χ2n) is 5.26. The van der Waals surface area contributed by atoms with Gasteiger partial charge in [-0.1, -0.05) is 12.8 Å². The van der Waals surface area contributed by atoms with Crippen LogP contribution in [0.4, 0.5) is 5.13 Å². The summed E-state index contributed by atoms with van der Waals surface area (Å²) in [6.45, 7) is 2.89. The summed E-state index contributed by atoms with van der Waals surface area (Å²) in [7, 11) is 0. The van der Waals surface area contributed by atoms with Crippen LogP contribution in [0.25, 0.3) is 0 Å². The van der Waals surface area contributed by atoms with Crippen LogP contribution in [0.5, 0.6) is 0 Å². The molecule has 0 spiro atoms. The van der Waals surface area contributed by atoms with Gasteiger partial charge in [-0.3, -0.25) is 9.59 Å². The third kappa shape index (κ3) is 4.52. The van der Waals surface area contributed by atoms with Crippen LogP contribution in [0.15, 0.2) is 5.38 Å². The molecule has 1 unspecified atom stereocenters. The molecule has 0 aromatic carbocycles. The first kappa shape index (κ1) is 16.4. The molecule has 8 heteroatoms. The minimum absolute atomic E-state index is 0.0780. The highest BCUT2D eigenvalue weighted by Crippen LogP contribution is 2.18. The zero-order valence-electron chi connectivity index (χ0n) is 12.5. The van der Waals surface area contributed by atoms with Crippen LogP contribution < -0.4 is 10.6 Å². The van der Waals surface area contributed by atoms with Crippen molar-refractivity contribution < 1.29 is 19.1 Å². The fraction of sp³-hybridized carbons (Fsp3) is 0.571. The standard InChI is InChI=1S/C14H19N3O4S/c1-8(12(19)16-10-5-3-4-6-10)21-13(20)11-7-22-14(17-11)15-9(2)18/h7-8,10H,3-6H2,1-2H3,(H,16,19)(H,15,17,18). The van der Waals surface area contributed by atoms with Gasteiger partial charge in [0.25, 0.3) is 5.91 Å². The molecule has 22 heavy (non-hydrogen) atoms. The Balaban J connectivity index is 1.85. The summed E-state index contributed by atoms with van der Waals surface area (Å²) in [5, 5.41) is 7.16. The summed E-state index contributed by atoms with van der Waals surface area (Å²) in [5.41, 5.74) is 0.0780. The highest BCUT2D eigenvalue weighted by molar-refractivity contribution is 7.14. The molecule has 1 heterocycles. The summed E-state index contributed by atoms with van der Waals surface area (Å²) in [5.74, 6) is -1.24. The minimum Gasteiger partial charge on any atom is -0.448 e. The molecule has 1 atom stereocenters. The van der Waals surface area contributed by atoms with Crippen LogP contribution in [0.2, 0.25) is 0 Å². The van der Waals surface area contributed by atoms with Gasteiger partial charge in [-0.25, -0.2) is 9.78 Å². The molecule has 1 aromatic rings. The molecule has 120 valence electrons. The number of aromatic nitrogens is 1. The summed E-state index contributed by atoms with van der Waals surface area (Å²) >= 11 is 1.12. The molecular weight excluding hydrogens is 306 g/mol. The van der Waals surface area contributed by atoms with Crippen molar-refractivity contribution in [3.8, 4) is 0 Å². The predicted molar refractivity (Wildman–Crippen MR) is 81.7 cm³/mol. The molecule has 2 N–H and O–H groups in total. The maximum atomic E-state index is 12.0. The van der Waals surface area contributed by atoms with Crippen molar-refractivity contribution in [2.75, 3.05) is 5.32 Å². The van der Waals surface area contributed by atoms with Crippen molar-refractivity contribution in [2.45, 2.75) is 51.7 Å². The smallest absolute Gasteiger partial charge is 0.358 e. The number of thiazole rings is 1. The number of nitrogens with zero attached hydrogens (tertiary/aromatic N) is 1. The summed E-state index contributed by atoms with van der Waals surface area (Å²) in [6.07, 6.45) is 3.30. The monoisotopic (exact) mass is 325 g/mol. The van der Waals surface area contributed by atoms with E-state index < -0.39 is 12.1 Å². The molecular formula is C14H19N3O4S. The van der Waals surface area contributed by atoms with Crippen LogP contribution in [0.3, 0.4) is 0 Å². The van der Waals surface area contributed by atoms with Gasteiger partial charge in [0.2, 0.25) is 5.91 Å². The van der Waals surface area contributed by atoms with E-state index >= 15 is 0 Å². The Morgan fingerprint density at radius 1 is 1.36 bits per heavy atom. The summed E-state index contributed by atoms with van der Waals surface area (Å²) < 4.78 is 5.11.